The van der Waals surface area contributed by atoms with Crippen LogP contribution in [0.4, 0.5) is 0 Å². The van der Waals surface area contributed by atoms with Gasteiger partial charge in [0, 0.05) is 19.5 Å². The Morgan fingerprint density at radius 3 is 2.92 bits per heavy atom. The van der Waals surface area contributed by atoms with E-state index in [1.165, 1.54) is 0 Å². The molecule has 1 nitrogen and oxygen atoms in total. The van der Waals surface area contributed by atoms with Crippen LogP contribution in [-0.2, 0) is 6.61 Å². The maximum absolute atomic E-state index is 9.08. The Hall–Kier alpha value is -0.0300. The van der Waals surface area contributed by atoms with Crippen LogP contribution in [0.1, 0.15) is 5.56 Å². The minimum Gasteiger partial charge on any atom is -0.392 e. The van der Waals surface area contributed by atoms with Gasteiger partial charge in [0.05, 0.1) is 6.61 Å². The lowest BCUT2D eigenvalue weighted by Gasteiger charge is -1.99. The van der Waals surface area contributed by atoms with Crippen LogP contribution in [0.25, 0.3) is 10.1 Å². The highest BCUT2D eigenvalue weighted by molar-refractivity contribution is 9.10. The van der Waals surface area contributed by atoms with E-state index in [0.717, 1.165) is 25.0 Å². The zero-order chi connectivity index (χ0) is 9.42. The van der Waals surface area contributed by atoms with Crippen LogP contribution < -0.4 is 0 Å². The van der Waals surface area contributed by atoms with Crippen LogP contribution in [0.2, 0.25) is 0 Å². The topological polar surface area (TPSA) is 20.2 Å². The van der Waals surface area contributed by atoms with Crippen LogP contribution in [0, 0.1) is 0 Å². The van der Waals surface area contributed by atoms with Crippen molar-refractivity contribution in [1.82, 2.24) is 0 Å². The van der Waals surface area contributed by atoms with E-state index in [9.17, 15) is 0 Å². The third-order valence-corrected chi connectivity index (χ3v) is 3.72. The summed E-state index contributed by atoms with van der Waals surface area (Å²) >= 11 is 9.38. The first kappa shape index (κ1) is 9.52. The molecule has 13 heavy (non-hydrogen) atoms. The molecule has 1 aromatic carbocycles. The summed E-state index contributed by atoms with van der Waals surface area (Å²) in [5.74, 6) is 0. The van der Waals surface area contributed by atoms with Gasteiger partial charge in [0.25, 0.3) is 0 Å². The summed E-state index contributed by atoms with van der Waals surface area (Å²) in [5, 5.41) is 12.2. The second-order valence-electron chi connectivity index (χ2n) is 2.72. The van der Waals surface area contributed by atoms with Gasteiger partial charge < -0.3 is 5.11 Å². The zero-order valence-electron chi connectivity index (χ0n) is 6.62. The van der Waals surface area contributed by atoms with Crippen molar-refractivity contribution < 1.29 is 5.11 Å². The molecule has 2 rings (SSSR count). The average Bonchev–Trinajstić information content (AvgIpc) is 2.47. The maximum Gasteiger partial charge on any atom is 0.0696 e. The average molecular weight is 275 g/mol. The second kappa shape index (κ2) is 3.61. The van der Waals surface area contributed by atoms with Crippen molar-refractivity contribution in [3.8, 4) is 0 Å². The molecule has 0 aliphatic rings. The molecule has 1 N–H and O–H groups in total. The summed E-state index contributed by atoms with van der Waals surface area (Å²) in [6, 6.07) is 3.95. The van der Waals surface area contributed by atoms with Crippen molar-refractivity contribution in [1.29, 1.82) is 0 Å². The van der Waals surface area contributed by atoms with Gasteiger partial charge in [0.15, 0.2) is 0 Å². The molecular formula is C9H7BrOS2. The second-order valence-corrected chi connectivity index (χ2v) is 5.00. The van der Waals surface area contributed by atoms with Crippen molar-refractivity contribution in [2.45, 2.75) is 11.5 Å². The SMILES string of the molecule is OCc1csc2cc(S)cc(Br)c12. The third-order valence-electron chi connectivity index (χ3n) is 1.86. The number of aliphatic hydroxyl groups is 1. The van der Waals surface area contributed by atoms with Gasteiger partial charge in [-0.2, -0.15) is 0 Å². The molecular weight excluding hydrogens is 268 g/mol. The number of thiol groups is 1. The fourth-order valence-corrected chi connectivity index (χ4v) is 3.67. The van der Waals surface area contributed by atoms with E-state index < -0.39 is 0 Å². The Labute approximate surface area is 93.9 Å². The van der Waals surface area contributed by atoms with Gasteiger partial charge >= 0.3 is 0 Å². The maximum atomic E-state index is 9.08. The lowest BCUT2D eigenvalue weighted by molar-refractivity contribution is 0.284. The standard InChI is InChI=1S/C9H7BrOS2/c10-7-1-6(12)2-8-9(7)5(3-11)4-13-8/h1-2,4,11-12H,3H2. The Balaban J connectivity index is 2.82. The minimum absolute atomic E-state index is 0.0878. The summed E-state index contributed by atoms with van der Waals surface area (Å²) < 4.78 is 2.16. The fourth-order valence-electron chi connectivity index (χ4n) is 1.28. The lowest BCUT2D eigenvalue weighted by atomic mass is 10.2. The smallest absolute Gasteiger partial charge is 0.0696 e. The molecule has 0 bridgehead atoms. The first-order valence-corrected chi connectivity index (χ1v) is 5.84. The van der Waals surface area contributed by atoms with Crippen molar-refractivity contribution in [3.05, 3.63) is 27.5 Å². The highest BCUT2D eigenvalue weighted by atomic mass is 79.9. The van der Waals surface area contributed by atoms with Crippen LogP contribution in [0.15, 0.2) is 26.9 Å². The van der Waals surface area contributed by atoms with E-state index in [2.05, 4.69) is 28.6 Å². The summed E-state index contributed by atoms with van der Waals surface area (Å²) in [7, 11) is 0. The number of benzene rings is 1. The molecule has 1 aromatic heterocycles. The highest BCUT2D eigenvalue weighted by Gasteiger charge is 2.07. The Bertz CT molecular complexity index is 450. The molecule has 2 aromatic rings. The molecule has 68 valence electrons. The van der Waals surface area contributed by atoms with Gasteiger partial charge in [-0.3, -0.25) is 0 Å². The van der Waals surface area contributed by atoms with Gasteiger partial charge in [-0.05, 0) is 23.1 Å². The number of halogens is 1. The van der Waals surface area contributed by atoms with E-state index in [0.29, 0.717) is 0 Å². The molecule has 0 spiro atoms. The molecule has 0 aliphatic carbocycles. The quantitative estimate of drug-likeness (QED) is 0.764. The lowest BCUT2D eigenvalue weighted by Crippen LogP contribution is -1.80. The molecule has 0 radical (unpaired) electrons. The monoisotopic (exact) mass is 274 g/mol. The highest BCUT2D eigenvalue weighted by Crippen LogP contribution is 2.34. The van der Waals surface area contributed by atoms with E-state index in [1.54, 1.807) is 11.3 Å². The Morgan fingerprint density at radius 1 is 1.46 bits per heavy atom. The molecule has 4 heteroatoms. The van der Waals surface area contributed by atoms with Gasteiger partial charge in [-0.1, -0.05) is 15.9 Å². The third kappa shape index (κ3) is 1.64. The van der Waals surface area contributed by atoms with Crippen molar-refractivity contribution >= 4 is 50.0 Å². The van der Waals surface area contributed by atoms with Gasteiger partial charge in [-0.25, -0.2) is 0 Å². The number of hydrogen-bond donors (Lipinski definition) is 2. The first-order chi connectivity index (χ1) is 6.22. The largest absolute Gasteiger partial charge is 0.392 e. The van der Waals surface area contributed by atoms with Gasteiger partial charge in [-0.15, -0.1) is 24.0 Å². The number of fused-ring (bicyclic) bond motifs is 1. The van der Waals surface area contributed by atoms with E-state index in [1.807, 2.05) is 17.5 Å². The van der Waals surface area contributed by atoms with Crippen LogP contribution in [0.5, 0.6) is 0 Å². The van der Waals surface area contributed by atoms with Crippen LogP contribution in [-0.4, -0.2) is 5.11 Å². The van der Waals surface area contributed by atoms with Crippen molar-refractivity contribution in [3.63, 3.8) is 0 Å². The van der Waals surface area contributed by atoms with Crippen molar-refractivity contribution in [2.75, 3.05) is 0 Å². The first-order valence-electron chi connectivity index (χ1n) is 3.72. The Kier molecular flexibility index (Phi) is 2.65. The molecule has 0 unspecified atom stereocenters. The molecule has 0 aliphatic heterocycles. The molecule has 0 saturated heterocycles. The van der Waals surface area contributed by atoms with Gasteiger partial charge in [0.2, 0.25) is 0 Å². The van der Waals surface area contributed by atoms with Crippen LogP contribution in [0.3, 0.4) is 0 Å². The summed E-state index contributed by atoms with van der Waals surface area (Å²) in [5.41, 5.74) is 0.972. The number of hydrogen-bond acceptors (Lipinski definition) is 3. The summed E-state index contributed by atoms with van der Waals surface area (Å²) in [6.07, 6.45) is 0. The molecule has 0 saturated carbocycles. The van der Waals surface area contributed by atoms with E-state index in [-0.39, 0.29) is 6.61 Å². The number of rotatable bonds is 1. The summed E-state index contributed by atoms with van der Waals surface area (Å²) in [4.78, 5) is 0.936. The summed E-state index contributed by atoms with van der Waals surface area (Å²) in [6.45, 7) is 0.0878. The zero-order valence-corrected chi connectivity index (χ0v) is 9.92. The van der Waals surface area contributed by atoms with Crippen LogP contribution >= 0.6 is 39.9 Å². The van der Waals surface area contributed by atoms with Crippen molar-refractivity contribution in [2.24, 2.45) is 0 Å². The fraction of sp³-hybridized carbons (Fsp3) is 0.111. The number of aliphatic hydroxyl groups excluding tert-OH is 1. The molecule has 1 heterocycles. The molecule has 0 atom stereocenters. The predicted octanol–water partition coefficient (Wildman–Crippen LogP) is 3.44. The Morgan fingerprint density at radius 2 is 2.23 bits per heavy atom. The normalized spacial score (nSPS) is 11.0. The molecule has 0 fully saturated rings. The molecule has 0 amide bonds. The van der Waals surface area contributed by atoms with E-state index in [4.69, 9.17) is 5.11 Å². The number of thiophene rings is 1. The predicted molar refractivity (Wildman–Crippen MR) is 62.7 cm³/mol. The van der Waals surface area contributed by atoms with E-state index >= 15 is 0 Å². The minimum atomic E-state index is 0.0878. The van der Waals surface area contributed by atoms with Gasteiger partial charge in [0.1, 0.15) is 0 Å².